The van der Waals surface area contributed by atoms with Gasteiger partial charge in [-0.05, 0) is 6.92 Å². The fraction of sp³-hybridized carbons (Fsp3) is 0.250. The van der Waals surface area contributed by atoms with E-state index in [1.54, 1.807) is 6.92 Å². The van der Waals surface area contributed by atoms with E-state index in [0.29, 0.717) is 16.3 Å². The van der Waals surface area contributed by atoms with Crippen molar-refractivity contribution in [2.24, 2.45) is 0 Å². The van der Waals surface area contributed by atoms with Gasteiger partial charge in [-0.25, -0.2) is 9.78 Å². The van der Waals surface area contributed by atoms with Crippen LogP contribution in [0.25, 0.3) is 0 Å². The zero-order valence-corrected chi connectivity index (χ0v) is 7.92. The summed E-state index contributed by atoms with van der Waals surface area (Å²) in [6, 6.07) is 0. The topological polar surface area (TPSA) is 59.4 Å². The van der Waals surface area contributed by atoms with Crippen LogP contribution in [0.1, 0.15) is 16.1 Å². The van der Waals surface area contributed by atoms with Crippen LogP contribution in [-0.4, -0.2) is 23.2 Å². The van der Waals surface area contributed by atoms with Gasteiger partial charge in [0.25, 0.3) is 0 Å². The molecular weight excluding hydrogens is 194 g/mol. The quantitative estimate of drug-likeness (QED) is 0.792. The van der Waals surface area contributed by atoms with E-state index in [1.807, 2.05) is 0 Å². The average Bonchev–Trinajstić information content (AvgIpc) is 2.04. The summed E-state index contributed by atoms with van der Waals surface area (Å²) >= 11 is 5.73. The monoisotopic (exact) mass is 201 g/mol. The lowest BCUT2D eigenvalue weighted by atomic mass is 10.2. The smallest absolute Gasteiger partial charge is 0.354 e. The molecule has 0 saturated carbocycles. The van der Waals surface area contributed by atoms with Crippen molar-refractivity contribution in [2.75, 3.05) is 7.11 Å². The highest BCUT2D eigenvalue weighted by Gasteiger charge is 2.15. The summed E-state index contributed by atoms with van der Waals surface area (Å²) in [6.07, 6.45) is 1.26. The number of hydrogen-bond acceptors (Lipinski definition) is 3. The summed E-state index contributed by atoms with van der Waals surface area (Å²) in [5.74, 6) is -0.735. The molecule has 1 heterocycles. The predicted octanol–water partition coefficient (Wildman–Crippen LogP) is 1.75. The van der Waals surface area contributed by atoms with Crippen molar-refractivity contribution in [3.63, 3.8) is 0 Å². The molecule has 5 heteroatoms. The molecule has 1 aromatic rings. The summed E-state index contributed by atoms with van der Waals surface area (Å²) in [4.78, 5) is 14.3. The Hall–Kier alpha value is -1.29. The second-order valence-electron chi connectivity index (χ2n) is 2.42. The molecule has 0 bridgehead atoms. The van der Waals surface area contributed by atoms with Crippen LogP contribution < -0.4 is 4.74 Å². The number of methoxy groups -OCH3 is 1. The highest BCUT2D eigenvalue weighted by molar-refractivity contribution is 6.32. The first-order valence-electron chi connectivity index (χ1n) is 3.50. The Labute approximate surface area is 80.1 Å². The minimum Gasteiger partial charge on any atom is -0.495 e. The maximum Gasteiger partial charge on any atom is 0.354 e. The van der Waals surface area contributed by atoms with Crippen molar-refractivity contribution in [1.29, 1.82) is 0 Å². The lowest BCUT2D eigenvalue weighted by Gasteiger charge is -2.07. The van der Waals surface area contributed by atoms with Crippen molar-refractivity contribution in [3.8, 4) is 5.75 Å². The number of carboxylic acids is 1. The zero-order valence-electron chi connectivity index (χ0n) is 7.17. The number of ether oxygens (including phenoxy) is 1. The number of aromatic nitrogens is 1. The number of nitrogens with zero attached hydrogens (tertiary/aromatic N) is 1. The van der Waals surface area contributed by atoms with Crippen LogP contribution in [-0.2, 0) is 0 Å². The van der Waals surface area contributed by atoms with Gasteiger partial charge >= 0.3 is 5.97 Å². The summed E-state index contributed by atoms with van der Waals surface area (Å²) in [6.45, 7) is 1.60. The van der Waals surface area contributed by atoms with Gasteiger partial charge in [0.1, 0.15) is 10.8 Å². The molecule has 0 spiro atoms. The number of pyridine rings is 1. The lowest BCUT2D eigenvalue weighted by molar-refractivity contribution is 0.0689. The second-order valence-corrected chi connectivity index (χ2v) is 2.83. The highest BCUT2D eigenvalue weighted by Crippen LogP contribution is 2.28. The van der Waals surface area contributed by atoms with Gasteiger partial charge in [0.05, 0.1) is 13.3 Å². The Bertz CT molecular complexity index is 351. The molecule has 0 amide bonds. The SMILES string of the molecule is COc1c(Cl)cnc(C(=O)O)c1C. The van der Waals surface area contributed by atoms with Crippen LogP contribution >= 0.6 is 11.6 Å². The number of carbonyl (C=O) groups is 1. The van der Waals surface area contributed by atoms with E-state index in [4.69, 9.17) is 21.4 Å². The number of rotatable bonds is 2. The number of hydrogen-bond donors (Lipinski definition) is 1. The van der Waals surface area contributed by atoms with E-state index in [9.17, 15) is 4.79 Å². The van der Waals surface area contributed by atoms with E-state index in [-0.39, 0.29) is 5.69 Å². The molecule has 1 N–H and O–H groups in total. The van der Waals surface area contributed by atoms with Crippen molar-refractivity contribution in [2.45, 2.75) is 6.92 Å². The first kappa shape index (κ1) is 9.80. The molecule has 0 radical (unpaired) electrons. The fourth-order valence-electron chi connectivity index (χ4n) is 1.03. The van der Waals surface area contributed by atoms with Crippen LogP contribution in [0.15, 0.2) is 6.20 Å². The van der Waals surface area contributed by atoms with Crippen LogP contribution in [0.4, 0.5) is 0 Å². The average molecular weight is 202 g/mol. The predicted molar refractivity (Wildman–Crippen MR) is 47.5 cm³/mol. The molecule has 0 aliphatic carbocycles. The van der Waals surface area contributed by atoms with Crippen molar-refractivity contribution in [1.82, 2.24) is 4.98 Å². The van der Waals surface area contributed by atoms with Gasteiger partial charge in [0.2, 0.25) is 0 Å². The Kier molecular flexibility index (Phi) is 2.72. The van der Waals surface area contributed by atoms with Crippen molar-refractivity contribution >= 4 is 17.6 Å². The first-order valence-corrected chi connectivity index (χ1v) is 3.88. The van der Waals surface area contributed by atoms with Gasteiger partial charge < -0.3 is 9.84 Å². The van der Waals surface area contributed by atoms with Gasteiger partial charge in [-0.1, -0.05) is 11.6 Å². The molecule has 0 aliphatic heterocycles. The first-order chi connectivity index (χ1) is 6.07. The second kappa shape index (κ2) is 3.62. The molecule has 1 aromatic heterocycles. The summed E-state index contributed by atoms with van der Waals surface area (Å²) in [5.41, 5.74) is 0.392. The summed E-state index contributed by atoms with van der Waals surface area (Å²) in [7, 11) is 1.43. The fourth-order valence-corrected chi connectivity index (χ4v) is 1.30. The van der Waals surface area contributed by atoms with Crippen molar-refractivity contribution in [3.05, 3.63) is 22.5 Å². The Balaban J connectivity index is 3.35. The molecule has 13 heavy (non-hydrogen) atoms. The molecule has 0 aromatic carbocycles. The minimum atomic E-state index is -1.09. The van der Waals surface area contributed by atoms with E-state index < -0.39 is 5.97 Å². The van der Waals surface area contributed by atoms with Crippen molar-refractivity contribution < 1.29 is 14.6 Å². The maximum atomic E-state index is 10.6. The number of aromatic carboxylic acids is 1. The zero-order chi connectivity index (χ0) is 10.0. The Morgan fingerprint density at radius 2 is 2.31 bits per heavy atom. The van der Waals surface area contributed by atoms with Crippen LogP contribution in [0.2, 0.25) is 5.02 Å². The lowest BCUT2D eigenvalue weighted by Crippen LogP contribution is -2.05. The third-order valence-corrected chi connectivity index (χ3v) is 1.90. The molecule has 1 rings (SSSR count). The Morgan fingerprint density at radius 3 is 2.77 bits per heavy atom. The molecular formula is C8H8ClNO3. The Morgan fingerprint density at radius 1 is 1.69 bits per heavy atom. The standard InChI is InChI=1S/C8H8ClNO3/c1-4-6(8(11)12)10-3-5(9)7(4)13-2/h3H,1-2H3,(H,11,12). The van der Waals surface area contributed by atoms with Gasteiger partial charge in [-0.3, -0.25) is 0 Å². The van der Waals surface area contributed by atoms with Gasteiger partial charge in [0, 0.05) is 5.56 Å². The normalized spacial score (nSPS) is 9.77. The number of carboxylic acid groups (broad SMARTS) is 1. The molecule has 0 unspecified atom stereocenters. The van der Waals surface area contributed by atoms with E-state index in [2.05, 4.69) is 4.98 Å². The number of halogens is 1. The molecule has 0 fully saturated rings. The third kappa shape index (κ3) is 1.72. The minimum absolute atomic E-state index is 0.0405. The van der Waals surface area contributed by atoms with E-state index in [0.717, 1.165) is 0 Å². The van der Waals surface area contributed by atoms with Crippen LogP contribution in [0.3, 0.4) is 0 Å². The molecule has 4 nitrogen and oxygen atoms in total. The molecule has 0 aliphatic rings. The van der Waals surface area contributed by atoms with E-state index in [1.165, 1.54) is 13.3 Å². The highest BCUT2D eigenvalue weighted by atomic mass is 35.5. The third-order valence-electron chi connectivity index (χ3n) is 1.63. The largest absolute Gasteiger partial charge is 0.495 e. The summed E-state index contributed by atoms with van der Waals surface area (Å²) < 4.78 is 4.93. The van der Waals surface area contributed by atoms with Gasteiger partial charge in [-0.2, -0.15) is 0 Å². The van der Waals surface area contributed by atoms with Gasteiger partial charge in [0.15, 0.2) is 5.69 Å². The maximum absolute atomic E-state index is 10.6. The molecule has 70 valence electrons. The van der Waals surface area contributed by atoms with E-state index >= 15 is 0 Å². The van der Waals surface area contributed by atoms with Crippen LogP contribution in [0, 0.1) is 6.92 Å². The summed E-state index contributed by atoms with van der Waals surface area (Å²) in [5, 5.41) is 9.03. The van der Waals surface area contributed by atoms with Crippen LogP contribution in [0.5, 0.6) is 5.75 Å². The molecule has 0 saturated heterocycles. The van der Waals surface area contributed by atoms with Gasteiger partial charge in [-0.15, -0.1) is 0 Å². The molecule has 0 atom stereocenters.